The van der Waals surface area contributed by atoms with E-state index < -0.39 is 6.03 Å². The highest BCUT2D eigenvalue weighted by molar-refractivity contribution is 6.00. The first-order valence-corrected chi connectivity index (χ1v) is 8.77. The van der Waals surface area contributed by atoms with Gasteiger partial charge in [-0.3, -0.25) is 10.1 Å². The van der Waals surface area contributed by atoms with Gasteiger partial charge in [-0.1, -0.05) is 30.3 Å². The Labute approximate surface area is 163 Å². The van der Waals surface area contributed by atoms with Crippen LogP contribution in [0.3, 0.4) is 0 Å². The van der Waals surface area contributed by atoms with E-state index in [0.717, 1.165) is 10.8 Å². The molecule has 0 unspecified atom stereocenters. The fourth-order valence-electron chi connectivity index (χ4n) is 2.57. The fourth-order valence-corrected chi connectivity index (χ4v) is 2.57. The van der Waals surface area contributed by atoms with Gasteiger partial charge in [0, 0.05) is 31.5 Å². The molecule has 0 spiro atoms. The van der Waals surface area contributed by atoms with Gasteiger partial charge in [0.25, 0.3) is 0 Å². The van der Waals surface area contributed by atoms with Crippen molar-refractivity contribution < 1.29 is 9.59 Å². The van der Waals surface area contributed by atoms with E-state index >= 15 is 0 Å². The number of carbonyl (C=O) groups is 2. The Balaban J connectivity index is 1.66. The first-order chi connectivity index (χ1) is 13.4. The number of urea groups is 1. The summed E-state index contributed by atoms with van der Waals surface area (Å²) in [4.78, 5) is 33.9. The summed E-state index contributed by atoms with van der Waals surface area (Å²) in [6.07, 6.45) is 0. The molecule has 0 fully saturated rings. The molecule has 3 rings (SSSR count). The molecular weight excluding hydrogens is 356 g/mol. The van der Waals surface area contributed by atoms with Crippen molar-refractivity contribution in [3.8, 4) is 0 Å². The summed E-state index contributed by atoms with van der Waals surface area (Å²) in [5, 5.41) is 10.5. The summed E-state index contributed by atoms with van der Waals surface area (Å²) in [7, 11) is 3.36. The molecule has 8 heteroatoms. The lowest BCUT2D eigenvalue weighted by molar-refractivity contribution is -0.126. The Morgan fingerprint density at radius 1 is 0.964 bits per heavy atom. The van der Waals surface area contributed by atoms with Crippen LogP contribution < -0.4 is 16.0 Å². The van der Waals surface area contributed by atoms with Gasteiger partial charge in [-0.15, -0.1) is 0 Å². The van der Waals surface area contributed by atoms with Crippen LogP contribution in [0, 0.1) is 6.92 Å². The average Bonchev–Trinajstić information content (AvgIpc) is 2.65. The van der Waals surface area contributed by atoms with Gasteiger partial charge in [0.05, 0.1) is 6.54 Å². The highest BCUT2D eigenvalue weighted by Gasteiger charge is 2.09. The van der Waals surface area contributed by atoms with Crippen molar-refractivity contribution in [2.45, 2.75) is 6.92 Å². The zero-order valence-corrected chi connectivity index (χ0v) is 16.0. The maximum atomic E-state index is 12.3. The highest BCUT2D eigenvalue weighted by atomic mass is 16.2. The minimum absolute atomic E-state index is 0.0835. The molecule has 0 saturated heterocycles. The Morgan fingerprint density at radius 3 is 2.46 bits per heavy atom. The van der Waals surface area contributed by atoms with Crippen LogP contribution >= 0.6 is 0 Å². The lowest BCUT2D eigenvalue weighted by Crippen LogP contribution is -2.29. The lowest BCUT2D eigenvalue weighted by atomic mass is 10.1. The Kier molecular flexibility index (Phi) is 5.69. The Bertz CT molecular complexity index is 1020. The van der Waals surface area contributed by atoms with E-state index in [4.69, 9.17) is 0 Å². The third kappa shape index (κ3) is 4.94. The molecule has 3 amide bonds. The van der Waals surface area contributed by atoms with Gasteiger partial charge in [-0.05, 0) is 29.8 Å². The predicted octanol–water partition coefficient (Wildman–Crippen LogP) is 3.08. The maximum Gasteiger partial charge on any atom is 0.326 e. The van der Waals surface area contributed by atoms with Crippen LogP contribution in [0.5, 0.6) is 0 Å². The van der Waals surface area contributed by atoms with Crippen LogP contribution in [0.15, 0.2) is 48.5 Å². The highest BCUT2D eigenvalue weighted by Crippen LogP contribution is 2.19. The second-order valence-corrected chi connectivity index (χ2v) is 6.50. The van der Waals surface area contributed by atoms with Crippen LogP contribution in [0.25, 0.3) is 10.8 Å². The molecule has 1 aromatic heterocycles. The number of nitrogens with one attached hydrogen (secondary N) is 3. The second-order valence-electron chi connectivity index (χ2n) is 6.50. The largest absolute Gasteiger partial charge is 0.361 e. The van der Waals surface area contributed by atoms with Gasteiger partial charge in [-0.2, -0.15) is 4.98 Å². The normalized spacial score (nSPS) is 10.4. The smallest absolute Gasteiger partial charge is 0.326 e. The molecule has 8 nitrogen and oxygen atoms in total. The summed E-state index contributed by atoms with van der Waals surface area (Å²) in [6.45, 7) is 1.89. The van der Waals surface area contributed by atoms with Crippen LogP contribution in [0.1, 0.15) is 5.69 Å². The summed E-state index contributed by atoms with van der Waals surface area (Å²) in [6, 6.07) is 14.8. The van der Waals surface area contributed by atoms with E-state index in [1.807, 2.05) is 42.5 Å². The zero-order chi connectivity index (χ0) is 20.1. The van der Waals surface area contributed by atoms with Gasteiger partial charge in [0.2, 0.25) is 11.9 Å². The Morgan fingerprint density at radius 2 is 1.71 bits per heavy atom. The van der Waals surface area contributed by atoms with Crippen molar-refractivity contribution >= 4 is 40.2 Å². The van der Waals surface area contributed by atoms with Gasteiger partial charge in [0.1, 0.15) is 5.82 Å². The molecule has 0 atom stereocenters. The van der Waals surface area contributed by atoms with Crippen molar-refractivity contribution in [3.63, 3.8) is 0 Å². The van der Waals surface area contributed by atoms with Crippen LogP contribution in [0.4, 0.5) is 22.2 Å². The number of hydrogen-bond donors (Lipinski definition) is 3. The summed E-state index contributed by atoms with van der Waals surface area (Å²) >= 11 is 0. The monoisotopic (exact) mass is 378 g/mol. The molecule has 144 valence electrons. The Hall–Kier alpha value is -3.68. The molecule has 1 heterocycles. The number of fused-ring (bicyclic) bond motifs is 1. The van der Waals surface area contributed by atoms with E-state index in [0.29, 0.717) is 17.2 Å². The SMILES string of the molecule is Cc1cc(NCC(=O)N(C)C)nc(NC(=O)Nc2ccc3ccccc3c2)n1. The van der Waals surface area contributed by atoms with Gasteiger partial charge >= 0.3 is 6.03 Å². The number of anilines is 3. The molecule has 0 aliphatic heterocycles. The minimum Gasteiger partial charge on any atom is -0.361 e. The lowest BCUT2D eigenvalue weighted by Gasteiger charge is -2.12. The van der Waals surface area contributed by atoms with Crippen LogP contribution in [0.2, 0.25) is 0 Å². The summed E-state index contributed by atoms with van der Waals surface area (Å²) in [5.41, 5.74) is 1.33. The zero-order valence-electron chi connectivity index (χ0n) is 16.0. The standard InChI is InChI=1S/C20H22N6O2/c1-13-10-17(21-12-18(27)26(2)3)24-19(22-13)25-20(28)23-16-9-8-14-6-4-5-7-15(14)11-16/h4-11H,12H2,1-3H3,(H3,21,22,23,24,25,28). The van der Waals surface area contributed by atoms with Crippen molar-refractivity contribution in [1.82, 2.24) is 14.9 Å². The molecule has 0 aliphatic carbocycles. The first-order valence-electron chi connectivity index (χ1n) is 8.77. The number of benzene rings is 2. The second kappa shape index (κ2) is 8.34. The molecule has 3 N–H and O–H groups in total. The molecule has 3 aromatic rings. The van der Waals surface area contributed by atoms with Gasteiger partial charge in [-0.25, -0.2) is 9.78 Å². The quantitative estimate of drug-likeness (QED) is 0.634. The molecule has 0 bridgehead atoms. The first kappa shape index (κ1) is 19.1. The third-order valence-corrected chi connectivity index (χ3v) is 4.01. The van der Waals surface area contributed by atoms with E-state index in [9.17, 15) is 9.59 Å². The number of aromatic nitrogens is 2. The minimum atomic E-state index is -0.448. The van der Waals surface area contributed by atoms with E-state index in [2.05, 4.69) is 25.9 Å². The maximum absolute atomic E-state index is 12.3. The van der Waals surface area contributed by atoms with E-state index in [1.54, 1.807) is 27.1 Å². The van der Waals surface area contributed by atoms with Crippen molar-refractivity contribution in [2.75, 3.05) is 36.6 Å². The van der Waals surface area contributed by atoms with Crippen molar-refractivity contribution in [1.29, 1.82) is 0 Å². The summed E-state index contributed by atoms with van der Waals surface area (Å²) in [5.74, 6) is 0.529. The average molecular weight is 378 g/mol. The van der Waals surface area contributed by atoms with E-state index in [-0.39, 0.29) is 18.4 Å². The summed E-state index contributed by atoms with van der Waals surface area (Å²) < 4.78 is 0. The van der Waals surface area contributed by atoms with Crippen molar-refractivity contribution in [3.05, 3.63) is 54.2 Å². The molecule has 2 aromatic carbocycles. The number of aryl methyl sites for hydroxylation is 1. The number of hydrogen-bond acceptors (Lipinski definition) is 5. The van der Waals surface area contributed by atoms with Crippen LogP contribution in [-0.2, 0) is 4.79 Å². The van der Waals surface area contributed by atoms with E-state index in [1.165, 1.54) is 4.90 Å². The number of likely N-dealkylation sites (N-methyl/N-ethyl adjacent to an activating group) is 1. The van der Waals surface area contributed by atoms with Crippen LogP contribution in [-0.4, -0.2) is 47.4 Å². The van der Waals surface area contributed by atoms with Crippen molar-refractivity contribution in [2.24, 2.45) is 0 Å². The number of carbonyl (C=O) groups excluding carboxylic acids is 2. The number of rotatable bonds is 5. The predicted molar refractivity (Wildman–Crippen MR) is 111 cm³/mol. The molecule has 0 aliphatic rings. The topological polar surface area (TPSA) is 99.3 Å². The van der Waals surface area contributed by atoms with Gasteiger partial charge in [0.15, 0.2) is 0 Å². The number of amides is 3. The number of nitrogens with zero attached hydrogens (tertiary/aromatic N) is 3. The molecule has 28 heavy (non-hydrogen) atoms. The third-order valence-electron chi connectivity index (χ3n) is 4.01. The fraction of sp³-hybridized carbons (Fsp3) is 0.200. The molecular formula is C20H22N6O2. The van der Waals surface area contributed by atoms with Gasteiger partial charge < -0.3 is 15.5 Å². The molecule has 0 radical (unpaired) electrons. The molecule has 0 saturated carbocycles.